The third kappa shape index (κ3) is 3.80. The summed E-state index contributed by atoms with van der Waals surface area (Å²) >= 11 is 0. The lowest BCUT2D eigenvalue weighted by molar-refractivity contribution is -0.138. The maximum atomic E-state index is 12.5. The first-order valence-electron chi connectivity index (χ1n) is 9.54. The van der Waals surface area contributed by atoms with Crippen LogP contribution in [0.1, 0.15) is 56.5 Å². The summed E-state index contributed by atoms with van der Waals surface area (Å²) in [6.07, 6.45) is 2.34. The van der Waals surface area contributed by atoms with E-state index in [1.807, 2.05) is 17.0 Å². The minimum absolute atomic E-state index is 0.0201. The Morgan fingerprint density at radius 3 is 2.81 bits per heavy atom. The van der Waals surface area contributed by atoms with Crippen molar-refractivity contribution in [3.8, 4) is 11.5 Å². The Morgan fingerprint density at radius 1 is 1.22 bits per heavy atom. The van der Waals surface area contributed by atoms with E-state index in [2.05, 4.69) is 38.1 Å². The lowest BCUT2D eigenvalue weighted by Crippen LogP contribution is -2.45. The van der Waals surface area contributed by atoms with Gasteiger partial charge in [0.2, 0.25) is 12.7 Å². The summed E-state index contributed by atoms with van der Waals surface area (Å²) in [4.78, 5) is 14.4. The Bertz CT molecular complexity index is 844. The molecule has 0 radical (unpaired) electrons. The molecule has 2 aromatic rings. The lowest BCUT2D eigenvalue weighted by atomic mass is 9.76. The third-order valence-electron chi connectivity index (χ3n) is 5.43. The molecule has 1 amide bonds. The Kier molecular flexibility index (Phi) is 4.58. The summed E-state index contributed by atoms with van der Waals surface area (Å²) in [7, 11) is 0. The van der Waals surface area contributed by atoms with Crippen LogP contribution in [0.4, 0.5) is 0 Å². The summed E-state index contributed by atoms with van der Waals surface area (Å²) in [6.45, 7) is 7.89. The summed E-state index contributed by atoms with van der Waals surface area (Å²) in [5, 5.41) is 4.14. The quantitative estimate of drug-likeness (QED) is 0.799. The van der Waals surface area contributed by atoms with Crippen molar-refractivity contribution >= 4 is 5.91 Å². The number of aromatic nitrogens is 1. The summed E-state index contributed by atoms with van der Waals surface area (Å²) in [6, 6.07) is 8.07. The number of hydrogen-bond donors (Lipinski definition) is 0. The van der Waals surface area contributed by atoms with E-state index in [-0.39, 0.29) is 18.1 Å². The molecule has 0 spiro atoms. The van der Waals surface area contributed by atoms with Gasteiger partial charge in [0.1, 0.15) is 11.5 Å². The highest BCUT2D eigenvalue weighted by molar-refractivity contribution is 5.77. The van der Waals surface area contributed by atoms with Crippen LogP contribution in [-0.2, 0) is 17.8 Å². The minimum Gasteiger partial charge on any atom is -0.454 e. The maximum Gasteiger partial charge on any atom is 0.231 e. The van der Waals surface area contributed by atoms with Crippen LogP contribution in [0.25, 0.3) is 0 Å². The number of likely N-dealkylation sites (tertiary alicyclic amines) is 1. The number of rotatable bonds is 5. The zero-order valence-corrected chi connectivity index (χ0v) is 16.2. The topological polar surface area (TPSA) is 64.8 Å². The van der Waals surface area contributed by atoms with Gasteiger partial charge in [-0.1, -0.05) is 32.0 Å². The van der Waals surface area contributed by atoms with E-state index in [0.29, 0.717) is 25.4 Å². The fraction of sp³-hybridized carbons (Fsp3) is 0.524. The van der Waals surface area contributed by atoms with E-state index in [9.17, 15) is 4.79 Å². The molecule has 27 heavy (non-hydrogen) atoms. The molecule has 0 unspecified atom stereocenters. The van der Waals surface area contributed by atoms with Crippen molar-refractivity contribution in [2.75, 3.05) is 13.3 Å². The van der Waals surface area contributed by atoms with E-state index >= 15 is 0 Å². The van der Waals surface area contributed by atoms with Gasteiger partial charge in [-0.25, -0.2) is 0 Å². The van der Waals surface area contributed by atoms with Crippen LogP contribution in [-0.4, -0.2) is 29.3 Å². The maximum absolute atomic E-state index is 12.5. The lowest BCUT2D eigenvalue weighted by Gasteiger charge is -2.40. The molecule has 6 nitrogen and oxygen atoms in total. The average Bonchev–Trinajstić information content (AvgIpc) is 3.27. The fourth-order valence-electron chi connectivity index (χ4n) is 3.90. The molecular formula is C21H26N2O4. The number of nitrogens with zero attached hydrogens (tertiary/aromatic N) is 2. The average molecular weight is 370 g/mol. The van der Waals surface area contributed by atoms with Gasteiger partial charge < -0.3 is 18.9 Å². The van der Waals surface area contributed by atoms with Crippen LogP contribution in [0.2, 0.25) is 0 Å². The van der Waals surface area contributed by atoms with E-state index in [1.165, 1.54) is 5.56 Å². The highest BCUT2D eigenvalue weighted by Gasteiger charge is 2.35. The van der Waals surface area contributed by atoms with Gasteiger partial charge >= 0.3 is 0 Å². The standard InChI is InChI=1S/C21H26N2O4/c1-14(2)18-9-16(22-27-18)11-23-12-21(3,7-6-20(23)24)10-15-4-5-17-19(8-15)26-13-25-17/h4-5,8-9,14H,6-7,10-13H2,1-3H3/t21-/m0/s1. The fourth-order valence-corrected chi connectivity index (χ4v) is 3.90. The van der Waals surface area contributed by atoms with Gasteiger partial charge in [-0.05, 0) is 36.0 Å². The summed E-state index contributed by atoms with van der Waals surface area (Å²) in [5.74, 6) is 2.95. The molecular weight excluding hydrogens is 344 g/mol. The highest BCUT2D eigenvalue weighted by atomic mass is 16.7. The normalized spacial score (nSPS) is 21.9. The van der Waals surface area contributed by atoms with Crippen LogP contribution in [0.15, 0.2) is 28.8 Å². The largest absolute Gasteiger partial charge is 0.454 e. The van der Waals surface area contributed by atoms with Crippen LogP contribution in [0, 0.1) is 5.41 Å². The Labute approximate surface area is 159 Å². The molecule has 2 aliphatic rings. The Hall–Kier alpha value is -2.50. The van der Waals surface area contributed by atoms with Gasteiger partial charge in [-0.3, -0.25) is 4.79 Å². The van der Waals surface area contributed by atoms with Crippen LogP contribution in [0.3, 0.4) is 0 Å². The van der Waals surface area contributed by atoms with Gasteiger partial charge in [0.05, 0.1) is 6.54 Å². The molecule has 1 aromatic heterocycles. The second-order valence-corrected chi connectivity index (χ2v) is 8.30. The molecule has 2 aliphatic heterocycles. The molecule has 0 saturated carbocycles. The molecule has 0 bridgehead atoms. The number of fused-ring (bicyclic) bond motifs is 1. The molecule has 0 aliphatic carbocycles. The number of carbonyl (C=O) groups excluding carboxylic acids is 1. The molecule has 1 aromatic carbocycles. The molecule has 1 atom stereocenters. The predicted octanol–water partition coefficient (Wildman–Crippen LogP) is 3.90. The number of benzene rings is 1. The van der Waals surface area contributed by atoms with E-state index in [4.69, 9.17) is 14.0 Å². The molecule has 144 valence electrons. The van der Waals surface area contributed by atoms with Crippen molar-refractivity contribution in [2.45, 2.75) is 52.5 Å². The Balaban J connectivity index is 1.46. The number of hydrogen-bond acceptors (Lipinski definition) is 5. The van der Waals surface area contributed by atoms with Crippen molar-refractivity contribution in [3.63, 3.8) is 0 Å². The van der Waals surface area contributed by atoms with E-state index in [0.717, 1.165) is 35.8 Å². The SMILES string of the molecule is CC(C)c1cc(CN2C[C@](C)(Cc3ccc4c(c3)OCO4)CCC2=O)no1. The van der Waals surface area contributed by atoms with Crippen molar-refractivity contribution in [1.82, 2.24) is 10.1 Å². The zero-order valence-electron chi connectivity index (χ0n) is 16.2. The first kappa shape index (κ1) is 17.9. The van der Waals surface area contributed by atoms with Crippen molar-refractivity contribution < 1.29 is 18.8 Å². The van der Waals surface area contributed by atoms with Gasteiger partial charge in [-0.15, -0.1) is 0 Å². The minimum atomic E-state index is 0.0201. The first-order chi connectivity index (χ1) is 12.9. The second-order valence-electron chi connectivity index (χ2n) is 8.30. The number of piperidine rings is 1. The van der Waals surface area contributed by atoms with Crippen molar-refractivity contribution in [3.05, 3.63) is 41.3 Å². The first-order valence-corrected chi connectivity index (χ1v) is 9.54. The van der Waals surface area contributed by atoms with Gasteiger partial charge in [-0.2, -0.15) is 0 Å². The van der Waals surface area contributed by atoms with Gasteiger partial charge in [0.15, 0.2) is 11.5 Å². The second kappa shape index (κ2) is 6.91. The van der Waals surface area contributed by atoms with Crippen LogP contribution >= 0.6 is 0 Å². The predicted molar refractivity (Wildman–Crippen MR) is 99.6 cm³/mol. The number of ether oxygens (including phenoxy) is 2. The Morgan fingerprint density at radius 2 is 2.04 bits per heavy atom. The highest BCUT2D eigenvalue weighted by Crippen LogP contribution is 2.38. The smallest absolute Gasteiger partial charge is 0.231 e. The molecule has 3 heterocycles. The number of carbonyl (C=O) groups is 1. The van der Waals surface area contributed by atoms with Crippen LogP contribution < -0.4 is 9.47 Å². The van der Waals surface area contributed by atoms with Crippen LogP contribution in [0.5, 0.6) is 11.5 Å². The molecule has 1 saturated heterocycles. The van der Waals surface area contributed by atoms with Gasteiger partial charge in [0, 0.05) is 24.9 Å². The monoisotopic (exact) mass is 370 g/mol. The molecule has 1 fully saturated rings. The van der Waals surface area contributed by atoms with E-state index < -0.39 is 0 Å². The van der Waals surface area contributed by atoms with Gasteiger partial charge in [0.25, 0.3) is 0 Å². The number of amides is 1. The summed E-state index contributed by atoms with van der Waals surface area (Å²) in [5.41, 5.74) is 2.05. The van der Waals surface area contributed by atoms with E-state index in [1.54, 1.807) is 0 Å². The summed E-state index contributed by atoms with van der Waals surface area (Å²) < 4.78 is 16.3. The third-order valence-corrected chi connectivity index (χ3v) is 5.43. The van der Waals surface area contributed by atoms with Crippen molar-refractivity contribution in [1.29, 1.82) is 0 Å². The molecule has 6 heteroatoms. The molecule has 4 rings (SSSR count). The van der Waals surface area contributed by atoms with Crippen molar-refractivity contribution in [2.24, 2.45) is 5.41 Å². The zero-order chi connectivity index (χ0) is 19.0. The molecule has 0 N–H and O–H groups in total.